The van der Waals surface area contributed by atoms with Crippen molar-refractivity contribution in [1.29, 1.82) is 0 Å². The van der Waals surface area contributed by atoms with Crippen LogP contribution in [0.15, 0.2) is 0 Å². The Morgan fingerprint density at radius 1 is 1.75 bits per heavy atom. The zero-order valence-corrected chi connectivity index (χ0v) is 5.71. The highest BCUT2D eigenvalue weighted by Crippen LogP contribution is 1.99. The molecule has 0 heterocycles. The summed E-state index contributed by atoms with van der Waals surface area (Å²) in [5.41, 5.74) is 5.01. The van der Waals surface area contributed by atoms with E-state index in [0.717, 1.165) is 11.8 Å². The first kappa shape index (κ1) is 8.16. The van der Waals surface area contributed by atoms with Crippen LogP contribution < -0.4 is 5.73 Å². The van der Waals surface area contributed by atoms with E-state index in [1.165, 1.54) is 0 Å². The number of hydrogen-bond acceptors (Lipinski definition) is 4. The highest BCUT2D eigenvalue weighted by Gasteiger charge is 1.96. The Bertz CT molecular complexity index is 85.4. The second kappa shape index (κ2) is 4.08. The minimum absolute atomic E-state index is 0.148. The van der Waals surface area contributed by atoms with E-state index >= 15 is 0 Å². The smallest absolute Gasteiger partial charge is 0.161 e. The molecule has 0 atom stereocenters. The van der Waals surface area contributed by atoms with Crippen molar-refractivity contribution in [3.05, 3.63) is 0 Å². The average Bonchev–Trinajstić information content (AvgIpc) is 1.61. The molecule has 4 N–H and O–H groups in total. The highest BCUT2D eigenvalue weighted by molar-refractivity contribution is 8.22. The van der Waals surface area contributed by atoms with E-state index in [0.29, 0.717) is 0 Å². The van der Waals surface area contributed by atoms with Gasteiger partial charge in [-0.1, -0.05) is 24.0 Å². The van der Waals surface area contributed by atoms with Crippen LogP contribution in [0.25, 0.3) is 0 Å². The van der Waals surface area contributed by atoms with Gasteiger partial charge in [-0.3, -0.25) is 0 Å². The molecule has 0 saturated carbocycles. The van der Waals surface area contributed by atoms with E-state index in [-0.39, 0.29) is 10.1 Å². The Kier molecular flexibility index (Phi) is 4.16. The summed E-state index contributed by atoms with van der Waals surface area (Å²) in [7, 11) is 0. The van der Waals surface area contributed by atoms with Gasteiger partial charge in [-0.25, -0.2) is 0 Å². The summed E-state index contributed by atoms with van der Waals surface area (Å²) >= 11 is 5.48. The fraction of sp³-hybridized carbons (Fsp3) is 0.667. The van der Waals surface area contributed by atoms with Gasteiger partial charge in [-0.15, -0.1) is 0 Å². The molecule has 0 bridgehead atoms. The number of thiocarbonyl (C=S) groups is 1. The van der Waals surface area contributed by atoms with Crippen molar-refractivity contribution >= 4 is 28.3 Å². The van der Waals surface area contributed by atoms with Crippen molar-refractivity contribution in [3.63, 3.8) is 0 Å². The molecular formula is C3H7NO2S2. The molecule has 0 aliphatic carbocycles. The molecule has 5 heteroatoms. The molecule has 0 rings (SSSR count). The SMILES string of the molecule is NC(=S)SCC(O)O. The molecule has 0 radical (unpaired) electrons. The lowest BCUT2D eigenvalue weighted by Gasteiger charge is -1.98. The largest absolute Gasteiger partial charge is 0.385 e. The van der Waals surface area contributed by atoms with E-state index in [1.807, 2.05) is 0 Å². The van der Waals surface area contributed by atoms with Gasteiger partial charge in [0.2, 0.25) is 0 Å². The number of aliphatic hydroxyl groups is 2. The predicted octanol–water partition coefficient (Wildman–Crippen LogP) is -0.726. The molecule has 8 heavy (non-hydrogen) atoms. The van der Waals surface area contributed by atoms with Crippen LogP contribution >= 0.6 is 24.0 Å². The lowest BCUT2D eigenvalue weighted by atomic mass is 10.8. The number of aliphatic hydroxyl groups excluding tert-OH is 1. The maximum absolute atomic E-state index is 8.22. The first-order valence-electron chi connectivity index (χ1n) is 1.91. The monoisotopic (exact) mass is 153 g/mol. The molecule has 0 aromatic rings. The second-order valence-electron chi connectivity index (χ2n) is 1.11. The topological polar surface area (TPSA) is 66.5 Å². The molecule has 3 nitrogen and oxygen atoms in total. The second-order valence-corrected chi connectivity index (χ2v) is 2.87. The van der Waals surface area contributed by atoms with Crippen molar-refractivity contribution < 1.29 is 10.2 Å². The molecule has 0 spiro atoms. The zero-order chi connectivity index (χ0) is 6.57. The number of nitrogens with two attached hydrogens (primary N) is 1. The summed E-state index contributed by atoms with van der Waals surface area (Å²) < 4.78 is 0.234. The highest BCUT2D eigenvalue weighted by atomic mass is 32.2. The summed E-state index contributed by atoms with van der Waals surface area (Å²) in [5, 5.41) is 16.4. The summed E-state index contributed by atoms with van der Waals surface area (Å²) in [6.07, 6.45) is -1.32. The standard InChI is InChI=1S/C3H7NO2S2/c4-3(7)8-1-2(5)6/h2,5-6H,1H2,(H2,4,7). The van der Waals surface area contributed by atoms with Crippen molar-refractivity contribution in [2.75, 3.05) is 5.75 Å². The molecule has 0 aliphatic rings. The molecular weight excluding hydrogens is 146 g/mol. The Hall–Kier alpha value is 0.160. The van der Waals surface area contributed by atoms with Gasteiger partial charge in [0.1, 0.15) is 4.32 Å². The third kappa shape index (κ3) is 6.16. The Morgan fingerprint density at radius 3 is 2.38 bits per heavy atom. The van der Waals surface area contributed by atoms with Crippen molar-refractivity contribution in [1.82, 2.24) is 0 Å². The van der Waals surface area contributed by atoms with Gasteiger partial charge in [-0.05, 0) is 0 Å². The summed E-state index contributed by atoms with van der Waals surface area (Å²) in [4.78, 5) is 0. The van der Waals surface area contributed by atoms with E-state index in [2.05, 4.69) is 12.2 Å². The number of rotatable bonds is 2. The minimum atomic E-state index is -1.32. The quantitative estimate of drug-likeness (QED) is 0.361. The fourth-order valence-electron chi connectivity index (χ4n) is 0.157. The zero-order valence-electron chi connectivity index (χ0n) is 4.07. The van der Waals surface area contributed by atoms with Crippen LogP contribution in [-0.4, -0.2) is 26.6 Å². The van der Waals surface area contributed by atoms with Gasteiger partial charge >= 0.3 is 0 Å². The third-order valence-corrected chi connectivity index (χ3v) is 1.48. The van der Waals surface area contributed by atoms with Gasteiger partial charge in [0.05, 0.1) is 5.75 Å². The lowest BCUT2D eigenvalue weighted by molar-refractivity contribution is -0.0185. The third-order valence-electron chi connectivity index (χ3n) is 0.375. The van der Waals surface area contributed by atoms with Gasteiger partial charge in [0, 0.05) is 0 Å². The van der Waals surface area contributed by atoms with Crippen molar-refractivity contribution in [3.8, 4) is 0 Å². The summed E-state index contributed by atoms with van der Waals surface area (Å²) in [5.74, 6) is 0.148. The molecule has 0 saturated heterocycles. The molecule has 0 amide bonds. The first-order valence-corrected chi connectivity index (χ1v) is 3.30. The summed E-state index contributed by atoms with van der Waals surface area (Å²) in [6, 6.07) is 0. The minimum Gasteiger partial charge on any atom is -0.385 e. The molecule has 0 aliphatic heterocycles. The van der Waals surface area contributed by atoms with Crippen LogP contribution in [0.2, 0.25) is 0 Å². The van der Waals surface area contributed by atoms with Crippen LogP contribution in [0.3, 0.4) is 0 Å². The van der Waals surface area contributed by atoms with Gasteiger partial charge < -0.3 is 15.9 Å². The molecule has 0 unspecified atom stereocenters. The molecule has 48 valence electrons. The van der Waals surface area contributed by atoms with Crippen LogP contribution in [0.4, 0.5) is 0 Å². The van der Waals surface area contributed by atoms with E-state index < -0.39 is 6.29 Å². The maximum atomic E-state index is 8.22. The van der Waals surface area contributed by atoms with Crippen molar-refractivity contribution in [2.45, 2.75) is 6.29 Å². The van der Waals surface area contributed by atoms with Crippen LogP contribution in [0.5, 0.6) is 0 Å². The normalized spacial score (nSPS) is 9.88. The molecule has 0 aromatic carbocycles. The van der Waals surface area contributed by atoms with E-state index in [9.17, 15) is 0 Å². The van der Waals surface area contributed by atoms with Gasteiger partial charge in [-0.2, -0.15) is 0 Å². The van der Waals surface area contributed by atoms with Crippen LogP contribution in [0.1, 0.15) is 0 Å². The average molecular weight is 153 g/mol. The van der Waals surface area contributed by atoms with Crippen LogP contribution in [0, 0.1) is 0 Å². The maximum Gasteiger partial charge on any atom is 0.161 e. The van der Waals surface area contributed by atoms with Gasteiger partial charge in [0.25, 0.3) is 0 Å². The Labute approximate surface area is 56.9 Å². The molecule has 0 fully saturated rings. The Balaban J connectivity index is 3.05. The van der Waals surface area contributed by atoms with E-state index in [1.54, 1.807) is 0 Å². The molecule has 0 aromatic heterocycles. The summed E-state index contributed by atoms with van der Waals surface area (Å²) in [6.45, 7) is 0. The Morgan fingerprint density at radius 2 is 2.25 bits per heavy atom. The number of thioether (sulfide) groups is 1. The van der Waals surface area contributed by atoms with E-state index in [4.69, 9.17) is 15.9 Å². The predicted molar refractivity (Wildman–Crippen MR) is 37.5 cm³/mol. The van der Waals surface area contributed by atoms with Crippen molar-refractivity contribution in [2.24, 2.45) is 5.73 Å². The lowest BCUT2D eigenvalue weighted by Crippen LogP contribution is -2.12. The van der Waals surface area contributed by atoms with Crippen LogP contribution in [-0.2, 0) is 0 Å². The number of hydrogen-bond donors (Lipinski definition) is 3. The van der Waals surface area contributed by atoms with Gasteiger partial charge in [0.15, 0.2) is 6.29 Å². The fourth-order valence-corrected chi connectivity index (χ4v) is 0.674. The first-order chi connectivity index (χ1) is 3.63.